The molecular weight excluding hydrogens is 398 g/mol. The molecule has 0 saturated carbocycles. The standard InChI is InChI=1S/C23H25N3O3S/c1-16(2)13-24-23-26(25-14-17-6-8-18(27-3)9-7-17)21(15-30-23)20-11-10-19(28-4)12-22(20)29-5/h6-12,14-15H,1,13H2,2-5H3. The number of ether oxygens (including phenoxy) is 3. The van der Waals surface area contributed by atoms with Crippen LogP contribution in [0.25, 0.3) is 11.3 Å². The van der Waals surface area contributed by atoms with Crippen LogP contribution in [-0.4, -0.2) is 38.8 Å². The van der Waals surface area contributed by atoms with Crippen LogP contribution in [0.5, 0.6) is 17.2 Å². The van der Waals surface area contributed by atoms with Crippen LogP contribution in [0.4, 0.5) is 0 Å². The molecule has 0 fully saturated rings. The van der Waals surface area contributed by atoms with Crippen molar-refractivity contribution in [2.75, 3.05) is 27.9 Å². The predicted molar refractivity (Wildman–Crippen MR) is 122 cm³/mol. The van der Waals surface area contributed by atoms with Crippen molar-refractivity contribution >= 4 is 17.6 Å². The minimum Gasteiger partial charge on any atom is -0.497 e. The molecule has 30 heavy (non-hydrogen) atoms. The summed E-state index contributed by atoms with van der Waals surface area (Å²) in [7, 11) is 4.92. The summed E-state index contributed by atoms with van der Waals surface area (Å²) in [6, 6.07) is 13.4. The predicted octanol–water partition coefficient (Wildman–Crippen LogP) is 4.60. The summed E-state index contributed by atoms with van der Waals surface area (Å²) in [6.45, 7) is 6.43. The quantitative estimate of drug-likeness (QED) is 0.393. The van der Waals surface area contributed by atoms with Crippen LogP contribution in [0.15, 0.2) is 70.1 Å². The van der Waals surface area contributed by atoms with Crippen molar-refractivity contribution in [1.82, 2.24) is 4.68 Å². The van der Waals surface area contributed by atoms with Gasteiger partial charge in [0, 0.05) is 17.0 Å². The minimum absolute atomic E-state index is 0.539. The Labute approximate surface area is 180 Å². The van der Waals surface area contributed by atoms with E-state index in [9.17, 15) is 0 Å². The first-order valence-electron chi connectivity index (χ1n) is 9.32. The summed E-state index contributed by atoms with van der Waals surface area (Å²) in [5, 5.41) is 6.74. The highest BCUT2D eigenvalue weighted by molar-refractivity contribution is 7.07. The average Bonchev–Trinajstić information content (AvgIpc) is 3.18. The van der Waals surface area contributed by atoms with Crippen molar-refractivity contribution in [2.24, 2.45) is 10.1 Å². The molecule has 3 rings (SSSR count). The molecule has 0 amide bonds. The lowest BCUT2D eigenvalue weighted by Crippen LogP contribution is -2.13. The van der Waals surface area contributed by atoms with Gasteiger partial charge in [0.05, 0.1) is 39.8 Å². The molecule has 1 aromatic heterocycles. The lowest BCUT2D eigenvalue weighted by Gasteiger charge is -2.11. The largest absolute Gasteiger partial charge is 0.497 e. The smallest absolute Gasteiger partial charge is 0.206 e. The van der Waals surface area contributed by atoms with Crippen molar-refractivity contribution in [1.29, 1.82) is 0 Å². The van der Waals surface area contributed by atoms with Gasteiger partial charge in [-0.15, -0.1) is 11.3 Å². The third-order valence-corrected chi connectivity index (χ3v) is 5.15. The molecule has 0 aliphatic heterocycles. The summed E-state index contributed by atoms with van der Waals surface area (Å²) in [6.07, 6.45) is 1.80. The van der Waals surface area contributed by atoms with Gasteiger partial charge in [-0.1, -0.05) is 12.2 Å². The number of thiazole rings is 1. The molecule has 156 valence electrons. The fourth-order valence-corrected chi connectivity index (χ4v) is 3.56. The molecule has 0 bridgehead atoms. The third-order valence-electron chi connectivity index (χ3n) is 4.29. The second-order valence-electron chi connectivity index (χ2n) is 6.57. The fourth-order valence-electron chi connectivity index (χ4n) is 2.73. The van der Waals surface area contributed by atoms with Crippen LogP contribution in [0.2, 0.25) is 0 Å². The van der Waals surface area contributed by atoms with Gasteiger partial charge >= 0.3 is 0 Å². The van der Waals surface area contributed by atoms with Gasteiger partial charge in [-0.05, 0) is 48.9 Å². The van der Waals surface area contributed by atoms with E-state index in [4.69, 9.17) is 19.3 Å². The Morgan fingerprint density at radius 1 is 1.03 bits per heavy atom. The number of benzene rings is 2. The summed E-state index contributed by atoms with van der Waals surface area (Å²) >= 11 is 1.52. The van der Waals surface area contributed by atoms with Gasteiger partial charge in [-0.3, -0.25) is 4.99 Å². The van der Waals surface area contributed by atoms with E-state index < -0.39 is 0 Å². The Balaban J connectivity index is 2.09. The maximum Gasteiger partial charge on any atom is 0.206 e. The molecule has 2 aromatic carbocycles. The highest BCUT2D eigenvalue weighted by atomic mass is 32.1. The van der Waals surface area contributed by atoms with E-state index in [1.165, 1.54) is 11.3 Å². The molecule has 0 N–H and O–H groups in total. The first kappa shape index (κ1) is 21.4. The number of aromatic nitrogens is 1. The highest BCUT2D eigenvalue weighted by Crippen LogP contribution is 2.33. The van der Waals surface area contributed by atoms with Gasteiger partial charge in [-0.2, -0.15) is 5.10 Å². The zero-order valence-corrected chi connectivity index (χ0v) is 18.4. The number of hydrogen-bond acceptors (Lipinski definition) is 6. The lowest BCUT2D eigenvalue weighted by molar-refractivity contribution is 0.395. The van der Waals surface area contributed by atoms with Gasteiger partial charge in [0.25, 0.3) is 0 Å². The van der Waals surface area contributed by atoms with Crippen molar-refractivity contribution in [3.8, 4) is 28.5 Å². The van der Waals surface area contributed by atoms with Crippen LogP contribution in [-0.2, 0) is 0 Å². The molecule has 1 heterocycles. The van der Waals surface area contributed by atoms with Gasteiger partial charge in [0.2, 0.25) is 4.80 Å². The van der Waals surface area contributed by atoms with Crippen LogP contribution >= 0.6 is 11.3 Å². The van der Waals surface area contributed by atoms with Gasteiger partial charge in [-0.25, -0.2) is 4.68 Å². The molecule has 0 aliphatic rings. The summed E-state index contributed by atoms with van der Waals surface area (Å²) in [5.74, 6) is 2.23. The van der Waals surface area contributed by atoms with E-state index in [2.05, 4.69) is 11.6 Å². The molecule has 0 aliphatic carbocycles. The maximum absolute atomic E-state index is 5.59. The molecule has 0 saturated heterocycles. The van der Waals surface area contributed by atoms with Crippen molar-refractivity contribution in [3.63, 3.8) is 0 Å². The zero-order valence-electron chi connectivity index (χ0n) is 17.6. The SMILES string of the molecule is C=C(C)CN=c1scc(-c2ccc(OC)cc2OC)n1N=Cc1ccc(OC)cc1. The normalized spacial score (nSPS) is 11.7. The molecular formula is C23H25N3O3S. The number of methoxy groups -OCH3 is 3. The number of nitrogens with zero attached hydrogens (tertiary/aromatic N) is 3. The van der Waals surface area contributed by atoms with Crippen molar-refractivity contribution in [2.45, 2.75) is 6.92 Å². The monoisotopic (exact) mass is 423 g/mol. The molecule has 0 spiro atoms. The molecule has 6 nitrogen and oxygen atoms in total. The van der Waals surface area contributed by atoms with E-state index in [1.807, 2.05) is 59.4 Å². The zero-order chi connectivity index (χ0) is 21.5. The summed E-state index contributed by atoms with van der Waals surface area (Å²) in [5.41, 5.74) is 3.72. The summed E-state index contributed by atoms with van der Waals surface area (Å²) < 4.78 is 18.0. The van der Waals surface area contributed by atoms with Crippen LogP contribution in [0.1, 0.15) is 12.5 Å². The number of rotatable bonds is 8. The highest BCUT2D eigenvalue weighted by Gasteiger charge is 2.13. The van der Waals surface area contributed by atoms with Gasteiger partial charge < -0.3 is 14.2 Å². The Kier molecular flexibility index (Phi) is 7.08. The fraction of sp³-hybridized carbons (Fsp3) is 0.217. The van der Waals surface area contributed by atoms with Crippen molar-refractivity contribution in [3.05, 3.63) is 70.4 Å². The second-order valence-corrected chi connectivity index (χ2v) is 7.41. The molecule has 3 aromatic rings. The van der Waals surface area contributed by atoms with E-state index in [1.54, 1.807) is 27.5 Å². The molecule has 0 radical (unpaired) electrons. The first-order chi connectivity index (χ1) is 14.5. The first-order valence-corrected chi connectivity index (χ1v) is 10.2. The van der Waals surface area contributed by atoms with Crippen LogP contribution < -0.4 is 19.0 Å². The van der Waals surface area contributed by atoms with Crippen molar-refractivity contribution < 1.29 is 14.2 Å². The summed E-state index contributed by atoms with van der Waals surface area (Å²) in [4.78, 5) is 5.44. The Bertz CT molecular complexity index is 1110. The maximum atomic E-state index is 5.59. The number of hydrogen-bond donors (Lipinski definition) is 0. The van der Waals surface area contributed by atoms with Crippen LogP contribution in [0.3, 0.4) is 0 Å². The van der Waals surface area contributed by atoms with E-state index in [0.717, 1.165) is 38.7 Å². The Hall–Kier alpha value is -3.32. The second kappa shape index (κ2) is 9.93. The average molecular weight is 424 g/mol. The molecule has 0 unspecified atom stereocenters. The van der Waals surface area contributed by atoms with E-state index in [0.29, 0.717) is 12.3 Å². The minimum atomic E-state index is 0.539. The van der Waals surface area contributed by atoms with E-state index >= 15 is 0 Å². The lowest BCUT2D eigenvalue weighted by atomic mass is 10.1. The topological polar surface area (TPSA) is 57.3 Å². The third kappa shape index (κ3) is 4.99. The van der Waals surface area contributed by atoms with Gasteiger partial charge in [0.15, 0.2) is 0 Å². The molecule has 7 heteroatoms. The van der Waals surface area contributed by atoms with Crippen LogP contribution in [0, 0.1) is 0 Å². The van der Waals surface area contributed by atoms with Gasteiger partial charge in [0.1, 0.15) is 17.2 Å². The Morgan fingerprint density at radius 2 is 1.73 bits per heavy atom. The molecule has 0 atom stereocenters. The van der Waals surface area contributed by atoms with E-state index in [-0.39, 0.29) is 0 Å². The Morgan fingerprint density at radius 3 is 2.37 bits per heavy atom.